The third kappa shape index (κ3) is 4.29. The average Bonchev–Trinajstić information content (AvgIpc) is 3.13. The predicted octanol–water partition coefficient (Wildman–Crippen LogP) is 3.02. The number of nitrogens with zero attached hydrogens (tertiary/aromatic N) is 3. The van der Waals surface area contributed by atoms with E-state index in [1.807, 2.05) is 25.1 Å². The molecule has 2 heterocycles. The Hall–Kier alpha value is -2.13. The number of hydrogen-bond acceptors (Lipinski definition) is 6. The zero-order chi connectivity index (χ0) is 17.8. The first-order valence-electron chi connectivity index (χ1n) is 8.02. The van der Waals surface area contributed by atoms with Gasteiger partial charge in [-0.25, -0.2) is 14.9 Å². The van der Waals surface area contributed by atoms with E-state index in [1.165, 1.54) is 23.1 Å². The van der Waals surface area contributed by atoms with E-state index >= 15 is 0 Å². The fraction of sp³-hybridized carbons (Fsp3) is 0.375. The van der Waals surface area contributed by atoms with Gasteiger partial charge in [0.25, 0.3) is 0 Å². The number of thiazole rings is 1. The van der Waals surface area contributed by atoms with Crippen LogP contribution in [0, 0.1) is 6.92 Å². The molecule has 3 rings (SSSR count). The molecule has 0 spiro atoms. The fourth-order valence-electron chi connectivity index (χ4n) is 2.30. The molecule has 0 unspecified atom stereocenters. The van der Waals surface area contributed by atoms with Gasteiger partial charge in [0.1, 0.15) is 0 Å². The second kappa shape index (κ2) is 7.83. The van der Waals surface area contributed by atoms with Crippen LogP contribution in [0.25, 0.3) is 10.2 Å². The molecular formula is C16H19N5O2S2. The molecule has 2 N–H and O–H groups in total. The number of carbonyl (C=O) groups excluding carboxylic acids is 1. The van der Waals surface area contributed by atoms with Crippen LogP contribution in [0.5, 0.6) is 0 Å². The number of thioether (sulfide) groups is 1. The molecule has 0 radical (unpaired) electrons. The van der Waals surface area contributed by atoms with Gasteiger partial charge in [-0.15, -0.1) is 5.10 Å². The summed E-state index contributed by atoms with van der Waals surface area (Å²) >= 11 is 2.69. The van der Waals surface area contributed by atoms with Crippen LogP contribution in [-0.4, -0.2) is 31.4 Å². The first-order chi connectivity index (χ1) is 12.1. The van der Waals surface area contributed by atoms with Crippen LogP contribution in [0.4, 0.5) is 5.13 Å². The molecule has 0 aliphatic carbocycles. The summed E-state index contributed by atoms with van der Waals surface area (Å²) in [6.45, 7) is 4.69. The van der Waals surface area contributed by atoms with Crippen LogP contribution in [-0.2, 0) is 11.3 Å². The Labute approximate surface area is 152 Å². The smallest absolute Gasteiger partial charge is 0.301 e. The van der Waals surface area contributed by atoms with Gasteiger partial charge < -0.3 is 5.32 Å². The molecule has 1 aromatic carbocycles. The van der Waals surface area contributed by atoms with Gasteiger partial charge >= 0.3 is 5.69 Å². The molecule has 0 bridgehead atoms. The molecule has 0 fully saturated rings. The average molecular weight is 377 g/mol. The molecular weight excluding hydrogens is 358 g/mol. The fourth-order valence-corrected chi connectivity index (χ4v) is 4.05. The molecule has 3 aromatic rings. The van der Waals surface area contributed by atoms with Crippen molar-refractivity contribution >= 4 is 44.4 Å². The number of carbonyl (C=O) groups is 1. The molecule has 7 nitrogen and oxygen atoms in total. The van der Waals surface area contributed by atoms with Gasteiger partial charge in [0.15, 0.2) is 10.3 Å². The molecule has 1 amide bonds. The number of anilines is 1. The highest BCUT2D eigenvalue weighted by Gasteiger charge is 2.12. The van der Waals surface area contributed by atoms with E-state index in [-0.39, 0.29) is 17.3 Å². The molecule has 0 saturated heterocycles. The zero-order valence-corrected chi connectivity index (χ0v) is 15.7. The quantitative estimate of drug-likeness (QED) is 0.618. The van der Waals surface area contributed by atoms with Crippen LogP contribution in [0.2, 0.25) is 0 Å². The molecule has 2 aromatic heterocycles. The van der Waals surface area contributed by atoms with Crippen molar-refractivity contribution < 1.29 is 4.79 Å². The minimum Gasteiger partial charge on any atom is -0.301 e. The van der Waals surface area contributed by atoms with Crippen LogP contribution in [0.3, 0.4) is 0 Å². The highest BCUT2D eigenvalue weighted by atomic mass is 32.2. The summed E-state index contributed by atoms with van der Waals surface area (Å²) in [6.07, 6.45) is 1.88. The number of nitrogens with one attached hydrogen (secondary N) is 2. The van der Waals surface area contributed by atoms with Crippen molar-refractivity contribution in [2.45, 2.75) is 38.4 Å². The van der Waals surface area contributed by atoms with Gasteiger partial charge in [0.05, 0.1) is 16.0 Å². The predicted molar refractivity (Wildman–Crippen MR) is 101 cm³/mol. The largest absolute Gasteiger partial charge is 0.343 e. The van der Waals surface area contributed by atoms with Crippen molar-refractivity contribution in [3.05, 3.63) is 34.2 Å². The van der Waals surface area contributed by atoms with E-state index in [0.29, 0.717) is 16.8 Å². The van der Waals surface area contributed by atoms with Crippen LogP contribution in [0.15, 0.2) is 28.2 Å². The second-order valence-corrected chi connectivity index (χ2v) is 7.62. The third-order valence-corrected chi connectivity index (χ3v) is 5.49. The molecule has 25 heavy (non-hydrogen) atoms. The topological polar surface area (TPSA) is 92.7 Å². The summed E-state index contributed by atoms with van der Waals surface area (Å²) in [6, 6.07) is 5.99. The lowest BCUT2D eigenvalue weighted by atomic mass is 10.2. The summed E-state index contributed by atoms with van der Waals surface area (Å²) in [5.41, 5.74) is 1.80. The van der Waals surface area contributed by atoms with Gasteiger partial charge in [0.2, 0.25) is 5.91 Å². The van der Waals surface area contributed by atoms with E-state index in [0.717, 1.165) is 28.6 Å². The Bertz CT molecular complexity index is 944. The monoisotopic (exact) mass is 377 g/mol. The van der Waals surface area contributed by atoms with Crippen LogP contribution in [0.1, 0.15) is 25.3 Å². The summed E-state index contributed by atoms with van der Waals surface area (Å²) in [5.74, 6) is 0.00373. The Morgan fingerprint density at radius 3 is 3.08 bits per heavy atom. The number of amides is 1. The summed E-state index contributed by atoms with van der Waals surface area (Å²) in [5, 5.41) is 10.4. The van der Waals surface area contributed by atoms with Crippen molar-refractivity contribution in [2.24, 2.45) is 0 Å². The maximum absolute atomic E-state index is 12.2. The van der Waals surface area contributed by atoms with E-state index in [4.69, 9.17) is 0 Å². The lowest BCUT2D eigenvalue weighted by Gasteiger charge is -2.04. The first-order valence-corrected chi connectivity index (χ1v) is 9.82. The van der Waals surface area contributed by atoms with E-state index < -0.39 is 0 Å². The number of fused-ring (bicyclic) bond motifs is 1. The van der Waals surface area contributed by atoms with Gasteiger partial charge in [0, 0.05) is 6.54 Å². The molecule has 132 valence electrons. The van der Waals surface area contributed by atoms with Crippen LogP contribution >= 0.6 is 23.1 Å². The Balaban J connectivity index is 1.62. The van der Waals surface area contributed by atoms with E-state index in [2.05, 4.69) is 27.4 Å². The number of aromatic nitrogens is 4. The van der Waals surface area contributed by atoms with Crippen molar-refractivity contribution in [1.82, 2.24) is 19.7 Å². The highest BCUT2D eigenvalue weighted by Crippen LogP contribution is 2.27. The SMILES string of the molecule is CCCCn1c(SCC(=O)Nc2nc3ccc(C)cc3s2)n[nH]c1=O. The number of aromatic amines is 1. The molecule has 0 aliphatic rings. The number of aryl methyl sites for hydroxylation is 1. The lowest BCUT2D eigenvalue weighted by Crippen LogP contribution is -2.18. The van der Waals surface area contributed by atoms with E-state index in [9.17, 15) is 9.59 Å². The Morgan fingerprint density at radius 1 is 1.44 bits per heavy atom. The molecule has 0 saturated carbocycles. The van der Waals surface area contributed by atoms with Crippen molar-refractivity contribution in [3.63, 3.8) is 0 Å². The minimum absolute atomic E-state index is 0.168. The number of rotatable bonds is 7. The lowest BCUT2D eigenvalue weighted by molar-refractivity contribution is -0.113. The highest BCUT2D eigenvalue weighted by molar-refractivity contribution is 7.99. The minimum atomic E-state index is -0.238. The third-order valence-electron chi connectivity index (χ3n) is 3.58. The number of hydrogen-bond donors (Lipinski definition) is 2. The van der Waals surface area contributed by atoms with Crippen molar-refractivity contribution in [2.75, 3.05) is 11.1 Å². The molecule has 0 aliphatic heterocycles. The van der Waals surface area contributed by atoms with Gasteiger partial charge in [-0.1, -0.05) is 42.5 Å². The number of benzene rings is 1. The Kier molecular flexibility index (Phi) is 5.54. The second-order valence-electron chi connectivity index (χ2n) is 5.64. The van der Waals surface area contributed by atoms with Gasteiger partial charge in [-0.05, 0) is 31.0 Å². The summed E-state index contributed by atoms with van der Waals surface area (Å²) < 4.78 is 2.62. The van der Waals surface area contributed by atoms with Gasteiger partial charge in [-0.2, -0.15) is 0 Å². The summed E-state index contributed by atoms with van der Waals surface area (Å²) in [4.78, 5) is 28.3. The standard InChI is InChI=1S/C16H19N5O2S2/c1-3-4-7-21-15(23)19-20-16(21)24-9-13(22)18-14-17-11-6-5-10(2)8-12(11)25-14/h5-6,8H,3-4,7,9H2,1-2H3,(H,19,23)(H,17,18,22). The Morgan fingerprint density at radius 2 is 2.28 bits per heavy atom. The summed E-state index contributed by atoms with van der Waals surface area (Å²) in [7, 11) is 0. The van der Waals surface area contributed by atoms with Crippen molar-refractivity contribution in [3.8, 4) is 0 Å². The molecule has 0 atom stereocenters. The van der Waals surface area contributed by atoms with Crippen molar-refractivity contribution in [1.29, 1.82) is 0 Å². The van der Waals surface area contributed by atoms with Crippen LogP contribution < -0.4 is 11.0 Å². The zero-order valence-electron chi connectivity index (χ0n) is 14.0. The maximum atomic E-state index is 12.2. The number of H-pyrrole nitrogens is 1. The number of unbranched alkanes of at least 4 members (excludes halogenated alkanes) is 1. The van der Waals surface area contributed by atoms with E-state index in [1.54, 1.807) is 4.57 Å². The maximum Gasteiger partial charge on any atom is 0.343 e. The normalized spacial score (nSPS) is 11.1. The first kappa shape index (κ1) is 17.7. The van der Waals surface area contributed by atoms with Gasteiger partial charge in [-0.3, -0.25) is 9.36 Å². The molecule has 9 heteroatoms.